The van der Waals surface area contributed by atoms with Gasteiger partial charge in [-0.05, 0) is 19.2 Å². The minimum atomic E-state index is -3.50. The van der Waals surface area contributed by atoms with Crippen molar-refractivity contribution in [1.29, 1.82) is 0 Å². The zero-order valence-corrected chi connectivity index (χ0v) is 13.1. The second-order valence-electron chi connectivity index (χ2n) is 4.83. The zero-order valence-electron chi connectivity index (χ0n) is 11.4. The Balaban J connectivity index is 2.20. The molecule has 1 aliphatic rings. The third-order valence-corrected chi connectivity index (χ3v) is 5.90. The Hall–Kier alpha value is -0.500. The maximum absolute atomic E-state index is 12.5. The van der Waals surface area contributed by atoms with Gasteiger partial charge in [0.2, 0.25) is 5.09 Å². The van der Waals surface area contributed by atoms with Crippen LogP contribution in [0.25, 0.3) is 0 Å². The molecule has 0 radical (unpaired) electrons. The molecule has 19 heavy (non-hydrogen) atoms. The first-order chi connectivity index (χ1) is 8.93. The Morgan fingerprint density at radius 2 is 2.00 bits per heavy atom. The summed E-state index contributed by atoms with van der Waals surface area (Å²) in [6.45, 7) is 5.71. The fourth-order valence-corrected chi connectivity index (χ4v) is 5.28. The minimum Gasteiger partial charge on any atom is -0.447 e. The lowest BCUT2D eigenvalue weighted by atomic mass is 10.4. The van der Waals surface area contributed by atoms with Crippen LogP contribution in [0.15, 0.2) is 21.6 Å². The fourth-order valence-electron chi connectivity index (χ4n) is 2.22. The van der Waals surface area contributed by atoms with Crippen molar-refractivity contribution < 1.29 is 12.8 Å². The van der Waals surface area contributed by atoms with Crippen LogP contribution >= 0.6 is 11.8 Å². The summed E-state index contributed by atoms with van der Waals surface area (Å²) in [5.74, 6) is 0.633. The van der Waals surface area contributed by atoms with Gasteiger partial charge in [-0.2, -0.15) is 16.1 Å². The van der Waals surface area contributed by atoms with Crippen LogP contribution in [0.2, 0.25) is 0 Å². The Morgan fingerprint density at radius 3 is 2.58 bits per heavy atom. The van der Waals surface area contributed by atoms with Crippen LogP contribution in [0.4, 0.5) is 0 Å². The first kappa shape index (κ1) is 14.9. The maximum atomic E-state index is 12.5. The van der Waals surface area contributed by atoms with Crippen molar-refractivity contribution in [2.24, 2.45) is 0 Å². The van der Waals surface area contributed by atoms with Gasteiger partial charge < -0.3 is 9.73 Å². The number of furan rings is 1. The van der Waals surface area contributed by atoms with Gasteiger partial charge in [-0.25, -0.2) is 8.42 Å². The van der Waals surface area contributed by atoms with Gasteiger partial charge in [0.25, 0.3) is 10.0 Å². The third kappa shape index (κ3) is 3.34. The van der Waals surface area contributed by atoms with Crippen LogP contribution in [-0.4, -0.2) is 43.4 Å². The van der Waals surface area contributed by atoms with E-state index in [1.54, 1.807) is 19.2 Å². The highest BCUT2D eigenvalue weighted by atomic mass is 32.2. The van der Waals surface area contributed by atoms with E-state index in [2.05, 4.69) is 19.2 Å². The van der Waals surface area contributed by atoms with Gasteiger partial charge in [-0.1, -0.05) is 13.8 Å². The molecule has 2 rings (SSSR count). The number of nitrogens with zero attached hydrogens (tertiary/aromatic N) is 1. The summed E-state index contributed by atoms with van der Waals surface area (Å²) in [6, 6.07) is 3.24. The van der Waals surface area contributed by atoms with E-state index in [9.17, 15) is 8.42 Å². The quantitative estimate of drug-likeness (QED) is 0.913. The van der Waals surface area contributed by atoms with E-state index in [0.29, 0.717) is 35.9 Å². The maximum Gasteiger partial charge on any atom is 0.276 e. The predicted molar refractivity (Wildman–Crippen MR) is 76.7 cm³/mol. The van der Waals surface area contributed by atoms with Crippen molar-refractivity contribution in [1.82, 2.24) is 9.62 Å². The predicted octanol–water partition coefficient (Wildman–Crippen LogP) is 1.51. The molecule has 5 nitrogen and oxygen atoms in total. The average molecular weight is 304 g/mol. The smallest absolute Gasteiger partial charge is 0.276 e. The van der Waals surface area contributed by atoms with E-state index in [1.165, 1.54) is 4.31 Å². The third-order valence-electron chi connectivity index (χ3n) is 2.97. The molecule has 1 fully saturated rings. The van der Waals surface area contributed by atoms with Crippen LogP contribution < -0.4 is 5.32 Å². The van der Waals surface area contributed by atoms with Gasteiger partial charge in [-0.15, -0.1) is 0 Å². The number of nitrogens with one attached hydrogen (secondary N) is 1. The van der Waals surface area contributed by atoms with Crippen LogP contribution in [0.1, 0.15) is 19.6 Å². The SMILES string of the molecule is CNCc1ccc(S(=O)(=O)N2CC(C)SC(C)C2)o1. The Bertz CT molecular complexity index is 517. The largest absolute Gasteiger partial charge is 0.447 e. The summed E-state index contributed by atoms with van der Waals surface area (Å²) in [6.07, 6.45) is 0. The molecule has 0 spiro atoms. The van der Waals surface area contributed by atoms with E-state index in [4.69, 9.17) is 4.42 Å². The van der Waals surface area contributed by atoms with Crippen LogP contribution in [0.5, 0.6) is 0 Å². The molecule has 1 aromatic rings. The molecule has 1 aromatic heterocycles. The Labute approximate surface area is 118 Å². The molecule has 2 heterocycles. The summed E-state index contributed by atoms with van der Waals surface area (Å²) in [7, 11) is -1.71. The molecule has 0 saturated carbocycles. The van der Waals surface area contributed by atoms with Crippen molar-refractivity contribution >= 4 is 21.8 Å². The molecular formula is C12H20N2O3S2. The van der Waals surface area contributed by atoms with E-state index in [-0.39, 0.29) is 5.09 Å². The molecule has 108 valence electrons. The lowest BCUT2D eigenvalue weighted by molar-refractivity contribution is 0.361. The molecule has 2 atom stereocenters. The number of thioether (sulfide) groups is 1. The van der Waals surface area contributed by atoms with Crippen LogP contribution in [0.3, 0.4) is 0 Å². The molecule has 1 aliphatic heterocycles. The fraction of sp³-hybridized carbons (Fsp3) is 0.667. The number of hydrogen-bond donors (Lipinski definition) is 1. The summed E-state index contributed by atoms with van der Waals surface area (Å²) >= 11 is 1.82. The van der Waals surface area contributed by atoms with E-state index in [1.807, 2.05) is 11.8 Å². The number of hydrogen-bond acceptors (Lipinski definition) is 5. The van der Waals surface area contributed by atoms with Crippen molar-refractivity contribution in [2.45, 2.75) is 36.0 Å². The second-order valence-corrected chi connectivity index (χ2v) is 8.58. The van der Waals surface area contributed by atoms with Gasteiger partial charge in [0.1, 0.15) is 5.76 Å². The van der Waals surface area contributed by atoms with Gasteiger partial charge in [0, 0.05) is 23.6 Å². The molecule has 0 amide bonds. The lowest BCUT2D eigenvalue weighted by Crippen LogP contribution is -2.43. The molecule has 0 bridgehead atoms. The van der Waals surface area contributed by atoms with Crippen molar-refractivity contribution in [3.05, 3.63) is 17.9 Å². The highest BCUT2D eigenvalue weighted by molar-refractivity contribution is 8.00. The van der Waals surface area contributed by atoms with Gasteiger partial charge >= 0.3 is 0 Å². The van der Waals surface area contributed by atoms with E-state index < -0.39 is 10.0 Å². The molecule has 1 N–H and O–H groups in total. The molecule has 2 unspecified atom stereocenters. The lowest BCUT2D eigenvalue weighted by Gasteiger charge is -2.32. The average Bonchev–Trinajstić information content (AvgIpc) is 2.77. The van der Waals surface area contributed by atoms with E-state index in [0.717, 1.165) is 0 Å². The Morgan fingerprint density at radius 1 is 1.37 bits per heavy atom. The first-order valence-electron chi connectivity index (χ1n) is 6.32. The summed E-state index contributed by atoms with van der Waals surface area (Å²) in [5.41, 5.74) is 0. The normalized spacial score (nSPS) is 25.6. The second kappa shape index (κ2) is 5.87. The summed E-state index contributed by atoms with van der Waals surface area (Å²) < 4.78 is 31.9. The monoisotopic (exact) mass is 304 g/mol. The summed E-state index contributed by atoms with van der Waals surface area (Å²) in [5, 5.41) is 3.60. The Kier molecular flexibility index (Phi) is 4.60. The van der Waals surface area contributed by atoms with Gasteiger partial charge in [0.05, 0.1) is 6.54 Å². The first-order valence-corrected chi connectivity index (χ1v) is 8.70. The number of rotatable bonds is 4. The minimum absolute atomic E-state index is 0.0454. The topological polar surface area (TPSA) is 62.6 Å². The molecule has 1 saturated heterocycles. The highest BCUT2D eigenvalue weighted by Crippen LogP contribution is 2.29. The number of sulfonamides is 1. The highest BCUT2D eigenvalue weighted by Gasteiger charge is 2.33. The molecular weight excluding hydrogens is 284 g/mol. The van der Waals surface area contributed by atoms with Gasteiger partial charge in [0.15, 0.2) is 0 Å². The zero-order chi connectivity index (χ0) is 14.0. The van der Waals surface area contributed by atoms with E-state index >= 15 is 0 Å². The van der Waals surface area contributed by atoms with Crippen molar-refractivity contribution in [3.8, 4) is 0 Å². The standard InChI is InChI=1S/C12H20N2O3S2/c1-9-7-14(8-10(2)18-9)19(15,16)12-5-4-11(17-12)6-13-3/h4-5,9-10,13H,6-8H2,1-3H3. The molecule has 0 aromatic carbocycles. The summed E-state index contributed by atoms with van der Waals surface area (Å²) in [4.78, 5) is 0. The van der Waals surface area contributed by atoms with Crippen LogP contribution in [-0.2, 0) is 16.6 Å². The van der Waals surface area contributed by atoms with Gasteiger partial charge in [-0.3, -0.25) is 0 Å². The molecule has 7 heteroatoms. The van der Waals surface area contributed by atoms with Crippen LogP contribution in [0, 0.1) is 0 Å². The molecule has 0 aliphatic carbocycles. The van der Waals surface area contributed by atoms with Crippen molar-refractivity contribution in [3.63, 3.8) is 0 Å². The van der Waals surface area contributed by atoms with Crippen molar-refractivity contribution in [2.75, 3.05) is 20.1 Å².